The molecular weight excluding hydrogens is 226 g/mol. The van der Waals surface area contributed by atoms with Crippen molar-refractivity contribution in [1.82, 2.24) is 19.7 Å². The predicted molar refractivity (Wildman–Crippen MR) is 68.6 cm³/mol. The van der Waals surface area contributed by atoms with Crippen LogP contribution >= 0.6 is 0 Å². The minimum Gasteiger partial charge on any atom is -0.280 e. The molecule has 5 nitrogen and oxygen atoms in total. The van der Waals surface area contributed by atoms with Gasteiger partial charge in [-0.3, -0.25) is 4.90 Å². The second-order valence-corrected chi connectivity index (χ2v) is 4.90. The Morgan fingerprint density at radius 1 is 1.50 bits per heavy atom. The summed E-state index contributed by atoms with van der Waals surface area (Å²) in [5.74, 6) is 0.985. The molecule has 1 aromatic heterocycles. The summed E-state index contributed by atoms with van der Waals surface area (Å²) >= 11 is 0. The maximum absolute atomic E-state index is 8.96. The lowest BCUT2D eigenvalue weighted by Crippen LogP contribution is -2.34. The molecule has 1 heterocycles. The molecule has 1 fully saturated rings. The smallest absolute Gasteiger partial charge is 0.141 e. The standard InChI is InChI=1S/C13H21N5/c1-2-8-18-13(15-11-16-18)10-17(9-7-14)12-5-3-4-6-12/h11-12H,2-6,8-10H2,1H3. The first-order chi connectivity index (χ1) is 8.85. The van der Waals surface area contributed by atoms with Crippen molar-refractivity contribution in [3.63, 3.8) is 0 Å². The van der Waals surface area contributed by atoms with Crippen LogP contribution in [0.25, 0.3) is 0 Å². The summed E-state index contributed by atoms with van der Waals surface area (Å²) in [7, 11) is 0. The fraction of sp³-hybridized carbons (Fsp3) is 0.769. The van der Waals surface area contributed by atoms with E-state index in [0.717, 1.165) is 25.3 Å². The van der Waals surface area contributed by atoms with Crippen LogP contribution in [0, 0.1) is 11.3 Å². The first-order valence-corrected chi connectivity index (χ1v) is 6.82. The molecule has 0 saturated heterocycles. The first kappa shape index (κ1) is 13.0. The average Bonchev–Trinajstić information content (AvgIpc) is 3.01. The second kappa shape index (κ2) is 6.50. The molecule has 0 atom stereocenters. The summed E-state index contributed by atoms with van der Waals surface area (Å²) in [4.78, 5) is 6.58. The van der Waals surface area contributed by atoms with Crippen molar-refractivity contribution in [2.45, 2.75) is 58.2 Å². The maximum Gasteiger partial charge on any atom is 0.141 e. The maximum atomic E-state index is 8.96. The number of nitrogens with zero attached hydrogens (tertiary/aromatic N) is 5. The van der Waals surface area contributed by atoms with E-state index in [0.29, 0.717) is 12.6 Å². The van der Waals surface area contributed by atoms with Crippen molar-refractivity contribution in [3.05, 3.63) is 12.2 Å². The van der Waals surface area contributed by atoms with Crippen LogP contribution in [0.15, 0.2) is 6.33 Å². The van der Waals surface area contributed by atoms with E-state index in [9.17, 15) is 0 Å². The number of hydrogen-bond donors (Lipinski definition) is 0. The van der Waals surface area contributed by atoms with Crippen molar-refractivity contribution < 1.29 is 0 Å². The fourth-order valence-electron chi connectivity index (χ4n) is 2.67. The number of nitriles is 1. The summed E-state index contributed by atoms with van der Waals surface area (Å²) in [6, 6.07) is 2.83. The molecule has 98 valence electrons. The zero-order valence-corrected chi connectivity index (χ0v) is 11.0. The molecule has 0 aliphatic heterocycles. The molecule has 0 aromatic carbocycles. The number of rotatable bonds is 6. The Hall–Kier alpha value is -1.41. The van der Waals surface area contributed by atoms with Gasteiger partial charge in [-0.25, -0.2) is 9.67 Å². The summed E-state index contributed by atoms with van der Waals surface area (Å²) in [5.41, 5.74) is 0. The third kappa shape index (κ3) is 3.08. The van der Waals surface area contributed by atoms with Gasteiger partial charge in [-0.15, -0.1) is 0 Å². The highest BCUT2D eigenvalue weighted by atomic mass is 15.3. The molecule has 1 aliphatic carbocycles. The molecule has 0 N–H and O–H groups in total. The molecule has 1 saturated carbocycles. The van der Waals surface area contributed by atoms with Crippen molar-refractivity contribution in [3.8, 4) is 6.07 Å². The molecule has 18 heavy (non-hydrogen) atoms. The largest absolute Gasteiger partial charge is 0.280 e. The summed E-state index contributed by atoms with van der Waals surface area (Å²) in [6.45, 7) is 4.28. The molecule has 1 aliphatic rings. The monoisotopic (exact) mass is 247 g/mol. The molecular formula is C13H21N5. The van der Waals surface area contributed by atoms with Crippen LogP contribution in [0.1, 0.15) is 44.9 Å². The van der Waals surface area contributed by atoms with Gasteiger partial charge >= 0.3 is 0 Å². The second-order valence-electron chi connectivity index (χ2n) is 4.90. The van der Waals surface area contributed by atoms with Crippen LogP contribution in [0.3, 0.4) is 0 Å². The van der Waals surface area contributed by atoms with E-state index in [-0.39, 0.29) is 0 Å². The Bertz CT molecular complexity index is 400. The van der Waals surface area contributed by atoms with E-state index < -0.39 is 0 Å². The molecule has 1 aromatic rings. The van der Waals surface area contributed by atoms with Gasteiger partial charge in [-0.2, -0.15) is 10.4 Å². The topological polar surface area (TPSA) is 57.7 Å². The van der Waals surface area contributed by atoms with Crippen molar-refractivity contribution in [2.75, 3.05) is 6.54 Å². The van der Waals surface area contributed by atoms with Gasteiger partial charge in [-0.1, -0.05) is 19.8 Å². The summed E-state index contributed by atoms with van der Waals surface area (Å²) < 4.78 is 1.96. The quantitative estimate of drug-likeness (QED) is 0.721. The van der Waals surface area contributed by atoms with Crippen LogP contribution in [-0.4, -0.2) is 32.3 Å². The lowest BCUT2D eigenvalue weighted by atomic mass is 10.2. The number of aromatic nitrogens is 3. The molecule has 0 spiro atoms. The SMILES string of the molecule is CCCn1ncnc1CN(CC#N)C1CCCC1. The molecule has 0 radical (unpaired) electrons. The van der Waals surface area contributed by atoms with Gasteiger partial charge in [0.05, 0.1) is 19.2 Å². The minimum absolute atomic E-state index is 0.490. The van der Waals surface area contributed by atoms with E-state index in [1.807, 2.05) is 4.68 Å². The van der Waals surface area contributed by atoms with Gasteiger partial charge in [-0.05, 0) is 19.3 Å². The van der Waals surface area contributed by atoms with E-state index in [2.05, 4.69) is 28.0 Å². The van der Waals surface area contributed by atoms with E-state index in [1.165, 1.54) is 25.7 Å². The number of aryl methyl sites for hydroxylation is 1. The van der Waals surface area contributed by atoms with E-state index in [1.54, 1.807) is 6.33 Å². The highest BCUT2D eigenvalue weighted by Crippen LogP contribution is 2.24. The Morgan fingerprint density at radius 2 is 2.28 bits per heavy atom. The third-order valence-electron chi connectivity index (χ3n) is 3.59. The van der Waals surface area contributed by atoms with Crippen molar-refractivity contribution >= 4 is 0 Å². The van der Waals surface area contributed by atoms with Gasteiger partial charge in [0.15, 0.2) is 0 Å². The Kier molecular flexibility index (Phi) is 4.71. The minimum atomic E-state index is 0.490. The Balaban J connectivity index is 2.03. The molecule has 0 amide bonds. The van der Waals surface area contributed by atoms with Crippen molar-refractivity contribution in [2.24, 2.45) is 0 Å². The van der Waals surface area contributed by atoms with Gasteiger partial charge in [0.2, 0.25) is 0 Å². The van der Waals surface area contributed by atoms with E-state index >= 15 is 0 Å². The average molecular weight is 247 g/mol. The summed E-state index contributed by atoms with van der Waals surface area (Å²) in [6.07, 6.45) is 7.66. The molecule has 0 bridgehead atoms. The molecule has 0 unspecified atom stereocenters. The fourth-order valence-corrected chi connectivity index (χ4v) is 2.67. The normalized spacial score (nSPS) is 16.3. The van der Waals surface area contributed by atoms with Crippen molar-refractivity contribution in [1.29, 1.82) is 5.26 Å². The third-order valence-corrected chi connectivity index (χ3v) is 3.59. The van der Waals surface area contributed by atoms with Crippen LogP contribution in [-0.2, 0) is 13.1 Å². The highest BCUT2D eigenvalue weighted by Gasteiger charge is 2.23. The van der Waals surface area contributed by atoms with Gasteiger partial charge in [0, 0.05) is 12.6 Å². The molecule has 2 rings (SSSR count). The zero-order chi connectivity index (χ0) is 12.8. The lowest BCUT2D eigenvalue weighted by Gasteiger charge is -2.25. The first-order valence-electron chi connectivity index (χ1n) is 6.82. The van der Waals surface area contributed by atoms with Gasteiger partial charge < -0.3 is 0 Å². The summed E-state index contributed by atoms with van der Waals surface area (Å²) in [5, 5.41) is 13.2. The van der Waals surface area contributed by atoms with Gasteiger partial charge in [0.25, 0.3) is 0 Å². The van der Waals surface area contributed by atoms with E-state index in [4.69, 9.17) is 5.26 Å². The van der Waals surface area contributed by atoms with Gasteiger partial charge in [0.1, 0.15) is 12.2 Å². The van der Waals surface area contributed by atoms with Crippen LogP contribution in [0.4, 0.5) is 0 Å². The van der Waals surface area contributed by atoms with Crippen LogP contribution in [0.2, 0.25) is 0 Å². The van der Waals surface area contributed by atoms with Crippen LogP contribution in [0.5, 0.6) is 0 Å². The zero-order valence-electron chi connectivity index (χ0n) is 11.0. The van der Waals surface area contributed by atoms with Crippen LogP contribution < -0.4 is 0 Å². The predicted octanol–water partition coefficient (Wildman–Crippen LogP) is 1.96. The Morgan fingerprint density at radius 3 is 2.94 bits per heavy atom. The highest BCUT2D eigenvalue weighted by molar-refractivity contribution is 4.91. The Labute approximate surface area is 108 Å². The molecule has 5 heteroatoms. The lowest BCUT2D eigenvalue weighted by molar-refractivity contribution is 0.205. The number of hydrogen-bond acceptors (Lipinski definition) is 4.